The summed E-state index contributed by atoms with van der Waals surface area (Å²) in [6.45, 7) is 0.433. The second kappa shape index (κ2) is 6.13. The van der Waals surface area contributed by atoms with Crippen molar-refractivity contribution in [3.8, 4) is 0 Å². The first kappa shape index (κ1) is 15.0. The first-order valence-electron chi connectivity index (χ1n) is 7.76. The lowest BCUT2D eigenvalue weighted by Gasteiger charge is -2.13. The Morgan fingerprint density at radius 1 is 0.958 bits per heavy atom. The molecule has 0 N–H and O–H groups in total. The van der Waals surface area contributed by atoms with Crippen LogP contribution < -0.4 is 0 Å². The highest BCUT2D eigenvalue weighted by Gasteiger charge is 2.34. The van der Waals surface area contributed by atoms with Gasteiger partial charge in [0.05, 0.1) is 22.8 Å². The zero-order valence-electron chi connectivity index (χ0n) is 12.9. The number of imidazole rings is 1. The molecule has 0 aliphatic carbocycles. The summed E-state index contributed by atoms with van der Waals surface area (Å²) in [5, 5.41) is 0.924. The number of carbonyl (C=O) groups excluding carboxylic acids is 2. The maximum atomic E-state index is 12.3. The van der Waals surface area contributed by atoms with E-state index in [2.05, 4.69) is 4.98 Å². The van der Waals surface area contributed by atoms with Gasteiger partial charge < -0.3 is 0 Å². The molecule has 0 radical (unpaired) electrons. The number of rotatable bonds is 5. The molecule has 3 heterocycles. The molecule has 0 fully saturated rings. The van der Waals surface area contributed by atoms with Gasteiger partial charge in [0.2, 0.25) is 0 Å². The van der Waals surface area contributed by atoms with E-state index in [1.807, 2.05) is 35.0 Å². The Kier molecular flexibility index (Phi) is 3.82. The number of pyridine rings is 1. The molecule has 4 rings (SSSR count). The normalized spacial score (nSPS) is 13.8. The quantitative estimate of drug-likeness (QED) is 0.408. The van der Waals surface area contributed by atoms with E-state index in [0.29, 0.717) is 17.7 Å². The molecule has 120 valence electrons. The number of fused-ring (bicyclic) bond motifs is 2. The maximum Gasteiger partial charge on any atom is 0.261 e. The van der Waals surface area contributed by atoms with Crippen LogP contribution in [0.25, 0.3) is 5.52 Å². The van der Waals surface area contributed by atoms with E-state index in [9.17, 15) is 9.59 Å². The van der Waals surface area contributed by atoms with Gasteiger partial charge in [0, 0.05) is 18.5 Å². The van der Waals surface area contributed by atoms with E-state index in [0.717, 1.165) is 22.8 Å². The molecule has 6 heteroatoms. The summed E-state index contributed by atoms with van der Waals surface area (Å²) in [6.07, 6.45) is 4.55. The van der Waals surface area contributed by atoms with Gasteiger partial charge in [0.25, 0.3) is 11.8 Å². The van der Waals surface area contributed by atoms with E-state index >= 15 is 0 Å². The third kappa shape index (κ3) is 2.49. The minimum Gasteiger partial charge on any atom is -0.295 e. The summed E-state index contributed by atoms with van der Waals surface area (Å²) in [4.78, 5) is 30.3. The molecular weight excluding hydrogens is 322 g/mol. The van der Waals surface area contributed by atoms with Crippen molar-refractivity contribution in [3.05, 3.63) is 66.0 Å². The van der Waals surface area contributed by atoms with Gasteiger partial charge in [-0.15, -0.1) is 0 Å². The van der Waals surface area contributed by atoms with Crippen LogP contribution >= 0.6 is 11.8 Å². The van der Waals surface area contributed by atoms with Gasteiger partial charge in [-0.05, 0) is 30.7 Å². The van der Waals surface area contributed by atoms with Crippen LogP contribution in [0.5, 0.6) is 0 Å². The summed E-state index contributed by atoms with van der Waals surface area (Å²) in [7, 11) is 0. The lowest BCUT2D eigenvalue weighted by atomic mass is 10.1. The fourth-order valence-electron chi connectivity index (χ4n) is 2.85. The summed E-state index contributed by atoms with van der Waals surface area (Å²) >= 11 is 1.63. The lowest BCUT2D eigenvalue weighted by Crippen LogP contribution is -2.31. The Balaban J connectivity index is 1.37. The smallest absolute Gasteiger partial charge is 0.261 e. The van der Waals surface area contributed by atoms with Crippen LogP contribution in [-0.4, -0.2) is 38.4 Å². The van der Waals surface area contributed by atoms with Crippen LogP contribution in [0.2, 0.25) is 0 Å². The van der Waals surface area contributed by atoms with Crippen LogP contribution in [-0.2, 0) is 0 Å². The number of imide groups is 1. The van der Waals surface area contributed by atoms with Crippen molar-refractivity contribution in [3.63, 3.8) is 0 Å². The largest absolute Gasteiger partial charge is 0.295 e. The van der Waals surface area contributed by atoms with Gasteiger partial charge in [0.15, 0.2) is 5.16 Å². The molecule has 3 aromatic rings. The van der Waals surface area contributed by atoms with Crippen LogP contribution in [0.15, 0.2) is 60.0 Å². The number of hydrogen-bond donors (Lipinski definition) is 0. The van der Waals surface area contributed by atoms with E-state index in [-0.39, 0.29) is 11.8 Å². The monoisotopic (exact) mass is 337 g/mol. The van der Waals surface area contributed by atoms with Crippen LogP contribution in [0.4, 0.5) is 0 Å². The molecule has 1 aromatic carbocycles. The molecule has 0 bridgehead atoms. The maximum absolute atomic E-state index is 12.3. The number of nitrogens with zero attached hydrogens (tertiary/aromatic N) is 3. The summed E-state index contributed by atoms with van der Waals surface area (Å²) < 4.78 is 2.03. The van der Waals surface area contributed by atoms with E-state index < -0.39 is 0 Å². The second-order valence-electron chi connectivity index (χ2n) is 5.55. The van der Waals surface area contributed by atoms with Gasteiger partial charge in [-0.3, -0.25) is 18.9 Å². The molecule has 0 unspecified atom stereocenters. The Morgan fingerprint density at radius 2 is 1.67 bits per heavy atom. The number of benzene rings is 1. The zero-order valence-corrected chi connectivity index (χ0v) is 13.7. The molecule has 5 nitrogen and oxygen atoms in total. The lowest BCUT2D eigenvalue weighted by molar-refractivity contribution is 0.0655. The van der Waals surface area contributed by atoms with Crippen molar-refractivity contribution in [2.75, 3.05) is 12.3 Å². The van der Waals surface area contributed by atoms with Crippen molar-refractivity contribution in [1.29, 1.82) is 0 Å². The van der Waals surface area contributed by atoms with E-state index in [1.54, 1.807) is 36.0 Å². The topological polar surface area (TPSA) is 54.7 Å². The van der Waals surface area contributed by atoms with Crippen molar-refractivity contribution in [2.45, 2.75) is 11.6 Å². The molecule has 0 saturated carbocycles. The summed E-state index contributed by atoms with van der Waals surface area (Å²) in [6, 6.07) is 12.9. The van der Waals surface area contributed by atoms with Crippen molar-refractivity contribution in [1.82, 2.24) is 14.3 Å². The molecule has 0 atom stereocenters. The third-order valence-electron chi connectivity index (χ3n) is 4.04. The van der Waals surface area contributed by atoms with E-state index in [4.69, 9.17) is 0 Å². The SMILES string of the molecule is O=C1c2ccccc2C(=O)N1CCCSc1ncc2ccccn12. The highest BCUT2D eigenvalue weighted by atomic mass is 32.2. The minimum atomic E-state index is -0.188. The Bertz CT molecular complexity index is 900. The Morgan fingerprint density at radius 3 is 2.42 bits per heavy atom. The highest BCUT2D eigenvalue weighted by molar-refractivity contribution is 7.99. The number of hydrogen-bond acceptors (Lipinski definition) is 4. The molecule has 2 amide bonds. The van der Waals surface area contributed by atoms with Gasteiger partial charge in [-0.2, -0.15) is 0 Å². The second-order valence-corrected chi connectivity index (χ2v) is 6.61. The fraction of sp³-hybridized carbons (Fsp3) is 0.167. The average Bonchev–Trinajstić information content (AvgIpc) is 3.13. The van der Waals surface area contributed by atoms with Crippen molar-refractivity contribution in [2.24, 2.45) is 0 Å². The van der Waals surface area contributed by atoms with Crippen molar-refractivity contribution >= 4 is 29.1 Å². The number of thioether (sulfide) groups is 1. The third-order valence-corrected chi connectivity index (χ3v) is 5.09. The predicted octanol–water partition coefficient (Wildman–Crippen LogP) is 3.11. The number of carbonyl (C=O) groups is 2. The molecule has 1 aliphatic rings. The summed E-state index contributed by atoms with van der Waals surface area (Å²) in [5.41, 5.74) is 2.07. The number of amides is 2. The highest BCUT2D eigenvalue weighted by Crippen LogP contribution is 2.24. The number of aromatic nitrogens is 2. The fourth-order valence-corrected chi connectivity index (χ4v) is 3.74. The van der Waals surface area contributed by atoms with Crippen LogP contribution in [0, 0.1) is 0 Å². The summed E-state index contributed by atoms with van der Waals surface area (Å²) in [5.74, 6) is 0.417. The molecule has 1 aliphatic heterocycles. The van der Waals surface area contributed by atoms with Crippen LogP contribution in [0.3, 0.4) is 0 Å². The standard InChI is InChI=1S/C18H15N3O2S/c22-16-14-7-1-2-8-15(14)17(23)21(16)10-5-11-24-18-19-12-13-6-3-4-9-20(13)18/h1-4,6-9,12H,5,10-11H2. The van der Waals surface area contributed by atoms with Gasteiger partial charge in [-0.25, -0.2) is 4.98 Å². The van der Waals surface area contributed by atoms with Crippen LogP contribution in [0.1, 0.15) is 27.1 Å². The molecule has 0 spiro atoms. The Hall–Kier alpha value is -2.60. The molecule has 2 aromatic heterocycles. The zero-order chi connectivity index (χ0) is 16.5. The van der Waals surface area contributed by atoms with Gasteiger partial charge >= 0.3 is 0 Å². The van der Waals surface area contributed by atoms with Gasteiger partial charge in [-0.1, -0.05) is 30.0 Å². The first-order valence-corrected chi connectivity index (χ1v) is 8.74. The average molecular weight is 337 g/mol. The van der Waals surface area contributed by atoms with Crippen molar-refractivity contribution < 1.29 is 9.59 Å². The molecule has 24 heavy (non-hydrogen) atoms. The Labute approximate surface area is 143 Å². The molecule has 0 saturated heterocycles. The predicted molar refractivity (Wildman–Crippen MR) is 92.3 cm³/mol. The van der Waals surface area contributed by atoms with Gasteiger partial charge in [0.1, 0.15) is 0 Å². The van der Waals surface area contributed by atoms with E-state index in [1.165, 1.54) is 4.90 Å². The minimum absolute atomic E-state index is 0.188. The first-order chi connectivity index (χ1) is 11.8. The molecular formula is C18H15N3O2S.